The van der Waals surface area contributed by atoms with Crippen molar-refractivity contribution in [3.8, 4) is 0 Å². The van der Waals surface area contributed by atoms with Crippen LogP contribution in [0.5, 0.6) is 0 Å². The lowest BCUT2D eigenvalue weighted by atomic mass is 10.0. The second-order valence-electron chi connectivity index (χ2n) is 4.81. The van der Waals surface area contributed by atoms with E-state index in [1.165, 1.54) is 5.69 Å². The highest BCUT2D eigenvalue weighted by Crippen LogP contribution is 2.13. The van der Waals surface area contributed by atoms with E-state index < -0.39 is 0 Å². The lowest BCUT2D eigenvalue weighted by Crippen LogP contribution is -2.08. The van der Waals surface area contributed by atoms with Gasteiger partial charge in [0.05, 0.1) is 0 Å². The Bertz CT molecular complexity index is 374. The predicted octanol–water partition coefficient (Wildman–Crippen LogP) is 2.74. The topological polar surface area (TPSA) is 37.8 Å². The standard InChI is InChI=1S/C13H24N2O/c1-5-7-8-11-12(9-10(3)4)15(6-2)14-13(11)16/h10H,5-9H2,1-4H3,(H,14,16). The van der Waals surface area contributed by atoms with Crippen molar-refractivity contribution in [2.24, 2.45) is 5.92 Å². The highest BCUT2D eigenvalue weighted by Gasteiger charge is 2.14. The molecule has 1 aromatic rings. The molecule has 0 spiro atoms. The van der Waals surface area contributed by atoms with Crippen molar-refractivity contribution in [2.75, 3.05) is 0 Å². The molecule has 0 unspecified atom stereocenters. The number of hydrogen-bond acceptors (Lipinski definition) is 1. The SMILES string of the molecule is CCCCc1c(CC(C)C)n(CC)[nH]c1=O. The van der Waals surface area contributed by atoms with Gasteiger partial charge < -0.3 is 0 Å². The number of H-pyrrole nitrogens is 1. The Morgan fingerprint density at radius 1 is 1.31 bits per heavy atom. The van der Waals surface area contributed by atoms with E-state index in [4.69, 9.17) is 0 Å². The molecule has 3 nitrogen and oxygen atoms in total. The van der Waals surface area contributed by atoms with Crippen molar-refractivity contribution in [1.29, 1.82) is 0 Å². The van der Waals surface area contributed by atoms with E-state index in [-0.39, 0.29) is 5.56 Å². The van der Waals surface area contributed by atoms with E-state index in [1.807, 2.05) is 4.68 Å². The molecule has 0 aliphatic rings. The van der Waals surface area contributed by atoms with Gasteiger partial charge >= 0.3 is 0 Å². The van der Waals surface area contributed by atoms with Gasteiger partial charge in [-0.1, -0.05) is 27.2 Å². The molecule has 0 amide bonds. The van der Waals surface area contributed by atoms with Crippen molar-refractivity contribution >= 4 is 0 Å². The Morgan fingerprint density at radius 3 is 2.50 bits per heavy atom. The zero-order valence-electron chi connectivity index (χ0n) is 11.0. The molecular weight excluding hydrogens is 200 g/mol. The third-order valence-electron chi connectivity index (χ3n) is 2.88. The summed E-state index contributed by atoms with van der Waals surface area (Å²) in [6, 6.07) is 0. The molecule has 0 saturated heterocycles. The monoisotopic (exact) mass is 224 g/mol. The fraction of sp³-hybridized carbons (Fsp3) is 0.769. The van der Waals surface area contributed by atoms with Gasteiger partial charge in [-0.2, -0.15) is 0 Å². The molecule has 0 fully saturated rings. The molecule has 92 valence electrons. The largest absolute Gasteiger partial charge is 0.289 e. The summed E-state index contributed by atoms with van der Waals surface area (Å²) in [5.74, 6) is 0.591. The Labute approximate surface area is 97.8 Å². The lowest BCUT2D eigenvalue weighted by molar-refractivity contribution is 0.557. The average Bonchev–Trinajstić information content (AvgIpc) is 2.51. The van der Waals surface area contributed by atoms with Crippen LogP contribution in [0, 0.1) is 5.92 Å². The number of aryl methyl sites for hydroxylation is 1. The third kappa shape index (κ3) is 3.00. The normalized spacial score (nSPS) is 11.3. The van der Waals surface area contributed by atoms with Crippen LogP contribution in [0.3, 0.4) is 0 Å². The quantitative estimate of drug-likeness (QED) is 0.792. The first kappa shape index (κ1) is 13.1. The van der Waals surface area contributed by atoms with Gasteiger partial charge in [0.1, 0.15) is 0 Å². The molecule has 0 radical (unpaired) electrons. The van der Waals surface area contributed by atoms with Crippen LogP contribution in [0.4, 0.5) is 0 Å². The van der Waals surface area contributed by atoms with E-state index in [0.717, 1.165) is 37.8 Å². The number of nitrogens with zero attached hydrogens (tertiary/aromatic N) is 1. The Kier molecular flexibility index (Phi) is 4.84. The highest BCUT2D eigenvalue weighted by atomic mass is 16.1. The van der Waals surface area contributed by atoms with Crippen LogP contribution in [0.25, 0.3) is 0 Å². The molecule has 16 heavy (non-hydrogen) atoms. The van der Waals surface area contributed by atoms with Gasteiger partial charge in [0.15, 0.2) is 0 Å². The highest BCUT2D eigenvalue weighted by molar-refractivity contribution is 5.19. The van der Waals surface area contributed by atoms with Crippen molar-refractivity contribution < 1.29 is 0 Å². The van der Waals surface area contributed by atoms with Crippen LogP contribution in [-0.2, 0) is 19.4 Å². The van der Waals surface area contributed by atoms with Crippen LogP contribution in [0.15, 0.2) is 4.79 Å². The molecule has 3 heteroatoms. The maximum absolute atomic E-state index is 11.8. The van der Waals surface area contributed by atoms with Gasteiger partial charge in [-0.25, -0.2) is 0 Å². The number of aromatic amines is 1. The molecule has 1 aromatic heterocycles. The smallest absolute Gasteiger partial charge is 0.267 e. The maximum Gasteiger partial charge on any atom is 0.267 e. The summed E-state index contributed by atoms with van der Waals surface area (Å²) in [7, 11) is 0. The maximum atomic E-state index is 11.8. The van der Waals surface area contributed by atoms with Crippen LogP contribution in [0.1, 0.15) is 51.8 Å². The summed E-state index contributed by atoms with van der Waals surface area (Å²) in [5, 5.41) is 2.94. The van der Waals surface area contributed by atoms with E-state index in [0.29, 0.717) is 5.92 Å². The van der Waals surface area contributed by atoms with Crippen LogP contribution < -0.4 is 5.56 Å². The Hall–Kier alpha value is -0.990. The first-order valence-electron chi connectivity index (χ1n) is 6.40. The molecule has 0 aliphatic heterocycles. The van der Waals surface area contributed by atoms with Crippen LogP contribution >= 0.6 is 0 Å². The first-order chi connectivity index (χ1) is 7.60. The zero-order chi connectivity index (χ0) is 12.1. The number of nitrogens with one attached hydrogen (secondary N) is 1. The molecule has 1 heterocycles. The number of hydrogen-bond donors (Lipinski definition) is 1. The third-order valence-corrected chi connectivity index (χ3v) is 2.88. The first-order valence-corrected chi connectivity index (χ1v) is 6.40. The summed E-state index contributed by atoms with van der Waals surface area (Å²) in [4.78, 5) is 11.8. The fourth-order valence-electron chi connectivity index (χ4n) is 2.05. The van der Waals surface area contributed by atoms with Crippen molar-refractivity contribution in [1.82, 2.24) is 9.78 Å². The molecule has 0 bridgehead atoms. The lowest BCUT2D eigenvalue weighted by Gasteiger charge is -2.10. The van der Waals surface area contributed by atoms with Crippen molar-refractivity contribution in [3.63, 3.8) is 0 Å². The summed E-state index contributed by atoms with van der Waals surface area (Å²) in [5.41, 5.74) is 2.35. The minimum absolute atomic E-state index is 0.117. The van der Waals surface area contributed by atoms with Gasteiger partial charge in [0.2, 0.25) is 0 Å². The summed E-state index contributed by atoms with van der Waals surface area (Å²) in [6.45, 7) is 9.47. The van der Waals surface area contributed by atoms with E-state index >= 15 is 0 Å². The van der Waals surface area contributed by atoms with Crippen LogP contribution in [-0.4, -0.2) is 9.78 Å². The molecule has 0 atom stereocenters. The second-order valence-corrected chi connectivity index (χ2v) is 4.81. The van der Waals surface area contributed by atoms with Gasteiger partial charge in [-0.3, -0.25) is 14.6 Å². The van der Waals surface area contributed by atoms with Crippen molar-refractivity contribution in [2.45, 2.75) is 59.9 Å². The fourth-order valence-corrected chi connectivity index (χ4v) is 2.05. The molecule has 0 aliphatic carbocycles. The summed E-state index contributed by atoms with van der Waals surface area (Å²) < 4.78 is 2.01. The number of rotatable bonds is 6. The summed E-state index contributed by atoms with van der Waals surface area (Å²) >= 11 is 0. The number of aromatic nitrogens is 2. The van der Waals surface area contributed by atoms with Gasteiger partial charge in [0.25, 0.3) is 5.56 Å². The molecule has 0 aromatic carbocycles. The van der Waals surface area contributed by atoms with E-state index in [2.05, 4.69) is 32.8 Å². The summed E-state index contributed by atoms with van der Waals surface area (Å²) in [6.07, 6.45) is 4.15. The van der Waals surface area contributed by atoms with Crippen molar-refractivity contribution in [3.05, 3.63) is 21.6 Å². The molecular formula is C13H24N2O. The number of unbranched alkanes of at least 4 members (excludes halogenated alkanes) is 1. The zero-order valence-corrected chi connectivity index (χ0v) is 11.0. The van der Waals surface area contributed by atoms with E-state index in [9.17, 15) is 4.79 Å². The molecule has 0 saturated carbocycles. The second kappa shape index (κ2) is 5.92. The Balaban J connectivity index is 3.02. The average molecular weight is 224 g/mol. The molecule has 1 N–H and O–H groups in total. The van der Waals surface area contributed by atoms with E-state index in [1.54, 1.807) is 0 Å². The van der Waals surface area contributed by atoms with Gasteiger partial charge in [-0.15, -0.1) is 0 Å². The van der Waals surface area contributed by atoms with Crippen LogP contribution in [0.2, 0.25) is 0 Å². The predicted molar refractivity (Wildman–Crippen MR) is 67.9 cm³/mol. The van der Waals surface area contributed by atoms with Gasteiger partial charge in [-0.05, 0) is 32.1 Å². The van der Waals surface area contributed by atoms with Gasteiger partial charge in [0, 0.05) is 17.8 Å². The minimum Gasteiger partial charge on any atom is -0.289 e. The molecule has 1 rings (SSSR count). The minimum atomic E-state index is 0.117. The Morgan fingerprint density at radius 2 is 2.00 bits per heavy atom.